The van der Waals surface area contributed by atoms with E-state index in [-0.39, 0.29) is 21.7 Å². The van der Waals surface area contributed by atoms with Gasteiger partial charge >= 0.3 is 0 Å². The Labute approximate surface area is 102 Å². The number of imidazole rings is 1. The molecule has 0 unspecified atom stereocenters. The van der Waals surface area contributed by atoms with Gasteiger partial charge in [0.25, 0.3) is 10.0 Å². The summed E-state index contributed by atoms with van der Waals surface area (Å²) in [5, 5.41) is 0.0762. The summed E-state index contributed by atoms with van der Waals surface area (Å²) in [6.07, 6.45) is 4.03. The molecule has 90 valence electrons. The molecule has 2 aromatic rings. The standard InChI is InChI=1S/C8H8ClN5O2S/c9-6-3-5(4-13-7(6)10)17(15,16)14-8-11-1-2-12-8/h1-4H,(H2,10,13)(H2,11,12,14). The summed E-state index contributed by atoms with van der Waals surface area (Å²) in [4.78, 5) is 9.93. The molecule has 17 heavy (non-hydrogen) atoms. The van der Waals surface area contributed by atoms with Crippen molar-refractivity contribution >= 4 is 33.4 Å². The molecule has 0 amide bonds. The predicted molar refractivity (Wildman–Crippen MR) is 63.1 cm³/mol. The van der Waals surface area contributed by atoms with Crippen molar-refractivity contribution in [1.29, 1.82) is 0 Å². The summed E-state index contributed by atoms with van der Waals surface area (Å²) < 4.78 is 25.9. The number of aromatic nitrogens is 3. The van der Waals surface area contributed by atoms with Crippen molar-refractivity contribution < 1.29 is 8.42 Å². The monoisotopic (exact) mass is 273 g/mol. The van der Waals surface area contributed by atoms with Gasteiger partial charge in [-0.05, 0) is 6.07 Å². The fraction of sp³-hybridized carbons (Fsp3) is 0. The fourth-order valence-electron chi connectivity index (χ4n) is 1.09. The van der Waals surface area contributed by atoms with Crippen LogP contribution in [0.1, 0.15) is 0 Å². The summed E-state index contributed by atoms with van der Waals surface area (Å²) >= 11 is 5.70. The van der Waals surface area contributed by atoms with E-state index >= 15 is 0 Å². The van der Waals surface area contributed by atoms with Gasteiger partial charge in [0.2, 0.25) is 5.95 Å². The van der Waals surface area contributed by atoms with Crippen LogP contribution < -0.4 is 10.5 Å². The van der Waals surface area contributed by atoms with Crippen molar-refractivity contribution in [2.45, 2.75) is 4.90 Å². The van der Waals surface area contributed by atoms with Gasteiger partial charge in [0.15, 0.2) is 0 Å². The second kappa shape index (κ2) is 4.22. The lowest BCUT2D eigenvalue weighted by Crippen LogP contribution is -2.14. The third-order valence-corrected chi connectivity index (χ3v) is 3.49. The van der Waals surface area contributed by atoms with Gasteiger partial charge in [0.1, 0.15) is 10.7 Å². The molecule has 4 N–H and O–H groups in total. The highest BCUT2D eigenvalue weighted by atomic mass is 35.5. The van der Waals surface area contributed by atoms with Crippen LogP contribution in [0.3, 0.4) is 0 Å². The van der Waals surface area contributed by atoms with Gasteiger partial charge < -0.3 is 10.7 Å². The topological polar surface area (TPSA) is 114 Å². The summed E-state index contributed by atoms with van der Waals surface area (Å²) in [5.74, 6) is 0.182. The molecule has 7 nitrogen and oxygen atoms in total. The zero-order valence-electron chi connectivity index (χ0n) is 8.38. The van der Waals surface area contributed by atoms with Crippen LogP contribution in [-0.2, 0) is 10.0 Å². The molecular weight excluding hydrogens is 266 g/mol. The highest BCUT2D eigenvalue weighted by Crippen LogP contribution is 2.20. The number of nitrogens with one attached hydrogen (secondary N) is 2. The molecule has 0 saturated carbocycles. The summed E-state index contributed by atoms with van der Waals surface area (Å²) in [6.45, 7) is 0. The number of nitrogens with two attached hydrogens (primary N) is 1. The highest BCUT2D eigenvalue weighted by molar-refractivity contribution is 7.92. The number of aromatic amines is 1. The van der Waals surface area contributed by atoms with Gasteiger partial charge in [-0.1, -0.05) is 11.6 Å². The van der Waals surface area contributed by atoms with Crippen molar-refractivity contribution in [3.05, 3.63) is 29.7 Å². The van der Waals surface area contributed by atoms with Crippen LogP contribution in [-0.4, -0.2) is 23.4 Å². The van der Waals surface area contributed by atoms with E-state index in [2.05, 4.69) is 19.7 Å². The maximum atomic E-state index is 11.9. The van der Waals surface area contributed by atoms with E-state index in [1.807, 2.05) is 0 Å². The quantitative estimate of drug-likeness (QED) is 0.767. The molecule has 0 fully saturated rings. The molecular formula is C8H8ClN5O2S. The van der Waals surface area contributed by atoms with Crippen LogP contribution in [0.25, 0.3) is 0 Å². The number of nitrogens with zero attached hydrogens (tertiary/aromatic N) is 2. The third kappa shape index (κ3) is 2.48. The number of pyridine rings is 1. The van der Waals surface area contributed by atoms with E-state index in [1.165, 1.54) is 18.5 Å². The first kappa shape index (κ1) is 11.7. The predicted octanol–water partition coefficient (Wildman–Crippen LogP) is 0.841. The number of hydrogen-bond acceptors (Lipinski definition) is 5. The Morgan fingerprint density at radius 1 is 1.41 bits per heavy atom. The molecule has 0 aliphatic heterocycles. The van der Waals surface area contributed by atoms with E-state index in [0.29, 0.717) is 0 Å². The minimum Gasteiger partial charge on any atom is -0.382 e. The van der Waals surface area contributed by atoms with E-state index in [0.717, 1.165) is 6.20 Å². The molecule has 0 spiro atoms. The lowest BCUT2D eigenvalue weighted by molar-refractivity contribution is 0.600. The summed E-state index contributed by atoms with van der Waals surface area (Å²) in [6, 6.07) is 1.22. The summed E-state index contributed by atoms with van der Waals surface area (Å²) in [5.41, 5.74) is 5.39. The van der Waals surface area contributed by atoms with Crippen molar-refractivity contribution in [1.82, 2.24) is 15.0 Å². The Kier molecular flexibility index (Phi) is 2.90. The largest absolute Gasteiger partial charge is 0.382 e. The van der Waals surface area contributed by atoms with Crippen LogP contribution in [0.5, 0.6) is 0 Å². The van der Waals surface area contributed by atoms with E-state index < -0.39 is 10.0 Å². The number of rotatable bonds is 3. The Balaban J connectivity index is 2.35. The maximum Gasteiger partial charge on any atom is 0.265 e. The molecule has 0 aromatic carbocycles. The van der Waals surface area contributed by atoms with Gasteiger partial charge in [0.05, 0.1) is 5.02 Å². The highest BCUT2D eigenvalue weighted by Gasteiger charge is 2.17. The first-order valence-electron chi connectivity index (χ1n) is 4.42. The molecule has 0 saturated heterocycles. The van der Waals surface area contributed by atoms with Crippen LogP contribution in [0, 0.1) is 0 Å². The molecule has 2 heterocycles. The first-order valence-corrected chi connectivity index (χ1v) is 6.28. The number of nitrogen functional groups attached to an aromatic ring is 1. The lowest BCUT2D eigenvalue weighted by atomic mass is 10.5. The van der Waals surface area contributed by atoms with Gasteiger partial charge in [-0.15, -0.1) is 0 Å². The van der Waals surface area contributed by atoms with Crippen molar-refractivity contribution in [2.75, 3.05) is 10.5 Å². The minimum atomic E-state index is -3.77. The number of H-pyrrole nitrogens is 1. The second-order valence-corrected chi connectivity index (χ2v) is 5.17. The average molecular weight is 274 g/mol. The smallest absolute Gasteiger partial charge is 0.265 e. The molecule has 0 bridgehead atoms. The second-order valence-electron chi connectivity index (χ2n) is 3.08. The van der Waals surface area contributed by atoms with Gasteiger partial charge in [-0.25, -0.2) is 23.1 Å². The van der Waals surface area contributed by atoms with Crippen LogP contribution in [0.2, 0.25) is 5.02 Å². The number of sulfonamides is 1. The average Bonchev–Trinajstić information content (AvgIpc) is 2.73. The van der Waals surface area contributed by atoms with E-state index in [1.54, 1.807) is 0 Å². The van der Waals surface area contributed by atoms with E-state index in [4.69, 9.17) is 17.3 Å². The van der Waals surface area contributed by atoms with Crippen LogP contribution in [0.4, 0.5) is 11.8 Å². The SMILES string of the molecule is Nc1ncc(S(=O)(=O)Nc2ncc[nH]2)cc1Cl. The molecule has 9 heteroatoms. The zero-order valence-corrected chi connectivity index (χ0v) is 9.96. The Hall–Kier alpha value is -1.80. The first-order chi connectivity index (χ1) is 7.99. The third-order valence-electron chi connectivity index (χ3n) is 1.88. The minimum absolute atomic E-state index is 0.0728. The van der Waals surface area contributed by atoms with Gasteiger partial charge in [-0.2, -0.15) is 0 Å². The maximum absolute atomic E-state index is 11.9. The lowest BCUT2D eigenvalue weighted by Gasteiger charge is -2.05. The number of anilines is 2. The Morgan fingerprint density at radius 3 is 2.76 bits per heavy atom. The zero-order chi connectivity index (χ0) is 12.5. The molecule has 0 aliphatic rings. The van der Waals surface area contributed by atoms with Crippen molar-refractivity contribution in [2.24, 2.45) is 0 Å². The fourth-order valence-corrected chi connectivity index (χ4v) is 2.26. The van der Waals surface area contributed by atoms with Gasteiger partial charge in [0, 0.05) is 18.6 Å². The van der Waals surface area contributed by atoms with Crippen LogP contribution in [0.15, 0.2) is 29.6 Å². The molecule has 0 radical (unpaired) electrons. The molecule has 2 rings (SSSR count). The summed E-state index contributed by atoms with van der Waals surface area (Å²) in [7, 11) is -3.77. The molecule has 2 aromatic heterocycles. The van der Waals surface area contributed by atoms with Crippen molar-refractivity contribution in [3.63, 3.8) is 0 Å². The Bertz CT molecular complexity index is 625. The number of hydrogen-bond donors (Lipinski definition) is 3. The normalized spacial score (nSPS) is 11.4. The molecule has 0 aliphatic carbocycles. The van der Waals surface area contributed by atoms with E-state index in [9.17, 15) is 8.42 Å². The van der Waals surface area contributed by atoms with Crippen molar-refractivity contribution in [3.8, 4) is 0 Å². The van der Waals surface area contributed by atoms with Crippen LogP contribution >= 0.6 is 11.6 Å². The van der Waals surface area contributed by atoms with Gasteiger partial charge in [-0.3, -0.25) is 0 Å². The number of halogens is 1. The molecule has 0 atom stereocenters. The Morgan fingerprint density at radius 2 is 2.18 bits per heavy atom.